The second-order valence-electron chi connectivity index (χ2n) is 10.1. The van der Waals surface area contributed by atoms with Crippen LogP contribution >= 0.6 is 0 Å². The maximum absolute atomic E-state index is 13.6. The molecule has 0 N–H and O–H groups in total. The van der Waals surface area contributed by atoms with Crippen molar-refractivity contribution in [1.29, 1.82) is 0 Å². The number of halogens is 2. The van der Waals surface area contributed by atoms with Crippen LogP contribution in [0.1, 0.15) is 57.4 Å². The topological polar surface area (TPSA) is 33.4 Å². The number of para-hydroxylation sites is 2. The van der Waals surface area contributed by atoms with Crippen LogP contribution in [0.3, 0.4) is 0 Å². The molecule has 2 aliphatic rings. The first kappa shape index (κ1) is 23.4. The quantitative estimate of drug-likeness (QED) is 0.647. The second kappa shape index (κ2) is 10.0. The van der Waals surface area contributed by atoms with Gasteiger partial charge in [-0.2, -0.15) is 0 Å². The molecule has 5 nitrogen and oxygen atoms in total. The summed E-state index contributed by atoms with van der Waals surface area (Å²) in [7, 11) is 4.06. The van der Waals surface area contributed by atoms with Crippen molar-refractivity contribution in [3.63, 3.8) is 0 Å². The third-order valence-electron chi connectivity index (χ3n) is 7.39. The lowest BCUT2D eigenvalue weighted by molar-refractivity contribution is -0.0284. The third-order valence-corrected chi connectivity index (χ3v) is 7.39. The van der Waals surface area contributed by atoms with E-state index in [0.717, 1.165) is 62.9 Å². The number of hydrogen-bond donors (Lipinski definition) is 0. The minimum absolute atomic E-state index is 0.0480. The van der Waals surface area contributed by atoms with Crippen LogP contribution in [0.5, 0.6) is 0 Å². The number of rotatable bonds is 6. The fraction of sp³-hybridized carbons (Fsp3) is 0.720. The van der Waals surface area contributed by atoms with Gasteiger partial charge in [-0.3, -0.25) is 9.13 Å². The largest absolute Gasteiger partial charge is 0.329 e. The molecule has 1 saturated heterocycles. The van der Waals surface area contributed by atoms with E-state index >= 15 is 0 Å². The Morgan fingerprint density at radius 1 is 1.00 bits per heavy atom. The molecule has 0 amide bonds. The van der Waals surface area contributed by atoms with Crippen molar-refractivity contribution in [3.05, 3.63) is 34.7 Å². The molecule has 1 aromatic heterocycles. The lowest BCUT2D eigenvalue weighted by atomic mass is 9.88. The number of likely N-dealkylation sites (N-methyl/N-ethyl adjacent to an activating group) is 1. The monoisotopic (exact) mass is 448 g/mol. The van der Waals surface area contributed by atoms with E-state index in [2.05, 4.69) is 21.9 Å². The van der Waals surface area contributed by atoms with Gasteiger partial charge in [-0.15, -0.1) is 0 Å². The van der Waals surface area contributed by atoms with Crippen molar-refractivity contribution >= 4 is 11.0 Å². The highest BCUT2D eigenvalue weighted by Crippen LogP contribution is 2.34. The number of fused-ring (bicyclic) bond motifs is 1. The van der Waals surface area contributed by atoms with Gasteiger partial charge in [0, 0.05) is 51.6 Å². The molecular weight excluding hydrogens is 410 g/mol. The van der Waals surface area contributed by atoms with E-state index in [1.807, 2.05) is 35.4 Å². The van der Waals surface area contributed by atoms with Crippen LogP contribution in [0.25, 0.3) is 11.0 Å². The van der Waals surface area contributed by atoms with Crippen LogP contribution in [-0.2, 0) is 6.54 Å². The Morgan fingerprint density at radius 2 is 1.62 bits per heavy atom. The van der Waals surface area contributed by atoms with Crippen LogP contribution < -0.4 is 5.69 Å². The van der Waals surface area contributed by atoms with Gasteiger partial charge in [0.25, 0.3) is 0 Å². The molecule has 0 unspecified atom stereocenters. The van der Waals surface area contributed by atoms with Crippen molar-refractivity contribution in [2.45, 2.75) is 69.9 Å². The van der Waals surface area contributed by atoms with Crippen LogP contribution in [0.4, 0.5) is 8.78 Å². The second-order valence-corrected chi connectivity index (χ2v) is 10.1. The number of likely N-dealkylation sites (tertiary alicyclic amines) is 1. The Bertz CT molecular complexity index is 931. The maximum Gasteiger partial charge on any atom is 0.329 e. The Morgan fingerprint density at radius 3 is 2.25 bits per heavy atom. The predicted octanol–water partition coefficient (Wildman–Crippen LogP) is 4.61. The molecule has 1 saturated carbocycles. The van der Waals surface area contributed by atoms with E-state index in [-0.39, 0.29) is 24.6 Å². The molecule has 0 bridgehead atoms. The molecule has 2 aromatic rings. The van der Waals surface area contributed by atoms with Crippen molar-refractivity contribution in [3.8, 4) is 0 Å². The van der Waals surface area contributed by atoms with Gasteiger partial charge in [0.2, 0.25) is 5.92 Å². The predicted molar refractivity (Wildman–Crippen MR) is 126 cm³/mol. The molecule has 2 fully saturated rings. The van der Waals surface area contributed by atoms with Crippen molar-refractivity contribution < 1.29 is 8.78 Å². The molecule has 0 radical (unpaired) electrons. The average Bonchev–Trinajstić information content (AvgIpc) is 3.02. The molecule has 178 valence electrons. The molecule has 0 spiro atoms. The van der Waals surface area contributed by atoms with Crippen LogP contribution in [0, 0.1) is 5.92 Å². The Balaban J connectivity index is 1.40. The normalized spacial score (nSPS) is 21.8. The van der Waals surface area contributed by atoms with Crippen LogP contribution in [0.15, 0.2) is 29.1 Å². The number of aromatic nitrogens is 2. The summed E-state index contributed by atoms with van der Waals surface area (Å²) in [5.74, 6) is -1.93. The zero-order valence-electron chi connectivity index (χ0n) is 19.6. The number of nitrogens with zero attached hydrogens (tertiary/aromatic N) is 4. The van der Waals surface area contributed by atoms with Gasteiger partial charge in [-0.1, -0.05) is 12.1 Å². The van der Waals surface area contributed by atoms with E-state index in [1.165, 1.54) is 0 Å². The van der Waals surface area contributed by atoms with Gasteiger partial charge in [0.15, 0.2) is 0 Å². The van der Waals surface area contributed by atoms with E-state index in [0.29, 0.717) is 25.3 Å². The zero-order valence-corrected chi connectivity index (χ0v) is 19.6. The smallest absolute Gasteiger partial charge is 0.308 e. The van der Waals surface area contributed by atoms with Crippen LogP contribution in [0.2, 0.25) is 0 Å². The number of hydrogen-bond acceptors (Lipinski definition) is 3. The van der Waals surface area contributed by atoms with E-state index in [9.17, 15) is 13.6 Å². The lowest BCUT2D eigenvalue weighted by Crippen LogP contribution is -2.40. The molecule has 1 aliphatic carbocycles. The summed E-state index contributed by atoms with van der Waals surface area (Å²) >= 11 is 0. The SMILES string of the molecule is CN(C)CCn1c(=O)n(C2CCN(CC3CCCC(F)(F)CCC3)CC2)c2ccccc21. The maximum atomic E-state index is 13.6. The molecular formula is C25H38F2N4O. The van der Waals surface area contributed by atoms with Crippen LogP contribution in [-0.4, -0.2) is 65.1 Å². The van der Waals surface area contributed by atoms with Crippen molar-refractivity contribution in [2.75, 3.05) is 40.3 Å². The van der Waals surface area contributed by atoms with E-state index < -0.39 is 5.92 Å². The Kier molecular flexibility index (Phi) is 7.35. The van der Waals surface area contributed by atoms with E-state index in [1.54, 1.807) is 0 Å². The zero-order chi connectivity index (χ0) is 22.7. The lowest BCUT2D eigenvalue weighted by Gasteiger charge is -2.35. The highest BCUT2D eigenvalue weighted by Gasteiger charge is 2.31. The summed E-state index contributed by atoms with van der Waals surface area (Å²) in [6.45, 7) is 4.48. The summed E-state index contributed by atoms with van der Waals surface area (Å²) in [6, 6.07) is 8.36. The third kappa shape index (κ3) is 5.42. The summed E-state index contributed by atoms with van der Waals surface area (Å²) < 4.78 is 31.2. The first-order valence-corrected chi connectivity index (χ1v) is 12.3. The summed E-state index contributed by atoms with van der Waals surface area (Å²) in [5.41, 5.74) is 2.16. The van der Waals surface area contributed by atoms with Gasteiger partial charge in [0.1, 0.15) is 0 Å². The Labute approximate surface area is 190 Å². The molecule has 0 atom stereocenters. The van der Waals surface area contributed by atoms with Crippen molar-refractivity contribution in [2.24, 2.45) is 5.92 Å². The van der Waals surface area contributed by atoms with E-state index in [4.69, 9.17) is 0 Å². The fourth-order valence-electron chi connectivity index (χ4n) is 5.58. The van der Waals surface area contributed by atoms with Crippen molar-refractivity contribution in [1.82, 2.24) is 18.9 Å². The summed E-state index contributed by atoms with van der Waals surface area (Å²) in [4.78, 5) is 18.0. The number of benzene rings is 1. The first-order chi connectivity index (χ1) is 15.3. The fourth-order valence-corrected chi connectivity index (χ4v) is 5.58. The van der Waals surface area contributed by atoms with Gasteiger partial charge in [-0.25, -0.2) is 13.6 Å². The van der Waals surface area contributed by atoms with Gasteiger partial charge < -0.3 is 9.80 Å². The molecule has 1 aliphatic heterocycles. The van der Waals surface area contributed by atoms with Gasteiger partial charge in [-0.05, 0) is 70.7 Å². The standard InChI is InChI=1S/C25H38F2N4O/c1-28(2)17-18-30-22-9-3-4-10-23(22)31(24(30)32)21-11-15-29(16-12-21)19-20-7-5-13-25(26,27)14-6-8-20/h3-4,9-10,20-21H,5-8,11-19H2,1-2H3. The summed E-state index contributed by atoms with van der Waals surface area (Å²) in [6.07, 6.45) is 5.12. The molecule has 7 heteroatoms. The molecule has 1 aromatic carbocycles. The van der Waals surface area contributed by atoms with Gasteiger partial charge >= 0.3 is 5.69 Å². The average molecular weight is 449 g/mol. The minimum Gasteiger partial charge on any atom is -0.308 e. The molecule has 2 heterocycles. The first-order valence-electron chi connectivity index (χ1n) is 12.3. The highest BCUT2D eigenvalue weighted by molar-refractivity contribution is 5.76. The molecule has 32 heavy (non-hydrogen) atoms. The van der Waals surface area contributed by atoms with Gasteiger partial charge in [0.05, 0.1) is 11.0 Å². The highest BCUT2D eigenvalue weighted by atomic mass is 19.3. The Hall–Kier alpha value is -1.73. The number of alkyl halides is 2. The number of imidazole rings is 1. The minimum atomic E-state index is -2.46. The molecule has 4 rings (SSSR count). The number of piperidine rings is 1. The summed E-state index contributed by atoms with van der Waals surface area (Å²) in [5, 5.41) is 0.